The van der Waals surface area contributed by atoms with E-state index in [0.29, 0.717) is 0 Å². The molecule has 0 atom stereocenters. The Morgan fingerprint density at radius 3 is 2.74 bits per heavy atom. The number of aryl methyl sites for hydroxylation is 2. The van der Waals surface area contributed by atoms with Gasteiger partial charge < -0.3 is 14.6 Å². The number of hydrogen-bond acceptors (Lipinski definition) is 2. The van der Waals surface area contributed by atoms with Crippen LogP contribution in [0.4, 0.5) is 0 Å². The van der Waals surface area contributed by atoms with E-state index < -0.39 is 0 Å². The number of nitrogens with zero attached hydrogens (tertiary/aromatic N) is 1. The van der Waals surface area contributed by atoms with Crippen molar-refractivity contribution in [3.8, 4) is 5.75 Å². The molecule has 1 aromatic heterocycles. The molecule has 1 N–H and O–H groups in total. The molecule has 0 bridgehead atoms. The lowest BCUT2D eigenvalue weighted by Gasteiger charge is -2.32. The summed E-state index contributed by atoms with van der Waals surface area (Å²) >= 11 is 0. The second-order valence-corrected chi connectivity index (χ2v) is 6.18. The number of ether oxygens (including phenoxy) is 1. The van der Waals surface area contributed by atoms with Crippen molar-refractivity contribution < 1.29 is 4.74 Å². The number of aromatic nitrogens is 1. The zero-order chi connectivity index (χ0) is 13.8. The van der Waals surface area contributed by atoms with Gasteiger partial charge in [0.15, 0.2) is 0 Å². The number of methoxy groups -OCH3 is 1. The van der Waals surface area contributed by atoms with Gasteiger partial charge >= 0.3 is 0 Å². The molecule has 2 aromatic rings. The number of nitrogens with one attached hydrogen (secondary N) is 1. The van der Waals surface area contributed by atoms with Crippen molar-refractivity contribution in [2.75, 3.05) is 13.7 Å². The van der Waals surface area contributed by atoms with Crippen LogP contribution in [-0.4, -0.2) is 18.2 Å². The molecule has 3 rings (SSSR count). The van der Waals surface area contributed by atoms with Crippen molar-refractivity contribution >= 4 is 10.9 Å². The quantitative estimate of drug-likeness (QED) is 0.851. The van der Waals surface area contributed by atoms with Gasteiger partial charge in [0, 0.05) is 36.6 Å². The smallest absolute Gasteiger partial charge is 0.143 e. The molecule has 0 saturated heterocycles. The van der Waals surface area contributed by atoms with Crippen molar-refractivity contribution in [2.45, 2.75) is 32.7 Å². The highest BCUT2D eigenvalue weighted by molar-refractivity contribution is 5.94. The molecule has 1 aromatic carbocycles. The minimum atomic E-state index is 0.157. The molecule has 3 nitrogen and oxygen atoms in total. The monoisotopic (exact) mass is 258 g/mol. The third-order valence-electron chi connectivity index (χ3n) is 4.38. The fourth-order valence-corrected chi connectivity index (χ4v) is 3.45. The Morgan fingerprint density at radius 2 is 2.05 bits per heavy atom. The number of benzene rings is 1. The standard InChI is InChI=1S/C16H22N2O/c1-10-6-7-12(19-5)15-13(10)14-11(18(15)4)8-17-9-16(14,2)3/h6-7,17H,8-9H2,1-5H3. The van der Waals surface area contributed by atoms with Gasteiger partial charge in [0.2, 0.25) is 0 Å². The van der Waals surface area contributed by atoms with E-state index >= 15 is 0 Å². The molecule has 0 aliphatic carbocycles. The van der Waals surface area contributed by atoms with E-state index in [0.717, 1.165) is 18.8 Å². The Balaban J connectivity index is 2.49. The van der Waals surface area contributed by atoms with Crippen LogP contribution in [0.5, 0.6) is 5.75 Å². The Morgan fingerprint density at radius 1 is 1.32 bits per heavy atom. The van der Waals surface area contributed by atoms with Crippen LogP contribution in [0, 0.1) is 6.92 Å². The molecular formula is C16H22N2O. The summed E-state index contributed by atoms with van der Waals surface area (Å²) in [7, 11) is 3.89. The Labute approximate surface area is 114 Å². The van der Waals surface area contributed by atoms with Gasteiger partial charge in [0.1, 0.15) is 5.75 Å². The second kappa shape index (κ2) is 4.01. The topological polar surface area (TPSA) is 26.2 Å². The molecule has 0 amide bonds. The summed E-state index contributed by atoms with van der Waals surface area (Å²) in [4.78, 5) is 0. The fourth-order valence-electron chi connectivity index (χ4n) is 3.45. The first-order valence-corrected chi connectivity index (χ1v) is 6.83. The van der Waals surface area contributed by atoms with Crippen LogP contribution in [0.1, 0.15) is 30.7 Å². The molecule has 0 unspecified atom stereocenters. The van der Waals surface area contributed by atoms with Crippen LogP contribution in [0.2, 0.25) is 0 Å². The Kier molecular flexibility index (Phi) is 2.65. The van der Waals surface area contributed by atoms with Crippen molar-refractivity contribution in [3.05, 3.63) is 29.0 Å². The maximum Gasteiger partial charge on any atom is 0.143 e. The van der Waals surface area contributed by atoms with E-state index in [1.165, 1.54) is 27.7 Å². The molecule has 0 fully saturated rings. The van der Waals surface area contributed by atoms with Gasteiger partial charge in [-0.15, -0.1) is 0 Å². The zero-order valence-electron chi connectivity index (χ0n) is 12.4. The maximum absolute atomic E-state index is 5.57. The Bertz CT molecular complexity index is 653. The van der Waals surface area contributed by atoms with E-state index in [1.807, 2.05) is 0 Å². The molecule has 1 aliphatic heterocycles. The first kappa shape index (κ1) is 12.5. The fraction of sp³-hybridized carbons (Fsp3) is 0.500. The lowest BCUT2D eigenvalue weighted by Crippen LogP contribution is -2.38. The zero-order valence-corrected chi connectivity index (χ0v) is 12.4. The molecule has 0 spiro atoms. The molecule has 2 heterocycles. The van der Waals surface area contributed by atoms with Gasteiger partial charge in [-0.25, -0.2) is 0 Å². The average Bonchev–Trinajstić information content (AvgIpc) is 2.67. The van der Waals surface area contributed by atoms with E-state index in [-0.39, 0.29) is 5.41 Å². The van der Waals surface area contributed by atoms with Gasteiger partial charge in [-0.3, -0.25) is 0 Å². The Hall–Kier alpha value is -1.48. The van der Waals surface area contributed by atoms with Crippen molar-refractivity contribution in [2.24, 2.45) is 7.05 Å². The number of fused-ring (bicyclic) bond motifs is 3. The van der Waals surface area contributed by atoms with Crippen LogP contribution >= 0.6 is 0 Å². The minimum absolute atomic E-state index is 0.157. The van der Waals surface area contributed by atoms with Gasteiger partial charge in [0.05, 0.1) is 12.6 Å². The van der Waals surface area contributed by atoms with E-state index in [4.69, 9.17) is 4.74 Å². The maximum atomic E-state index is 5.57. The highest BCUT2D eigenvalue weighted by Gasteiger charge is 2.33. The minimum Gasteiger partial charge on any atom is -0.495 e. The van der Waals surface area contributed by atoms with Gasteiger partial charge in [0.25, 0.3) is 0 Å². The highest BCUT2D eigenvalue weighted by atomic mass is 16.5. The summed E-state index contributed by atoms with van der Waals surface area (Å²) in [5.41, 5.74) is 5.59. The largest absolute Gasteiger partial charge is 0.495 e. The molecule has 3 heteroatoms. The molecule has 102 valence electrons. The summed E-state index contributed by atoms with van der Waals surface area (Å²) in [5, 5.41) is 4.91. The first-order chi connectivity index (χ1) is 8.97. The van der Waals surface area contributed by atoms with Crippen molar-refractivity contribution in [1.82, 2.24) is 9.88 Å². The number of rotatable bonds is 1. The SMILES string of the molecule is COc1ccc(C)c2c3c(n(C)c12)CNCC3(C)C. The normalized spacial score (nSPS) is 17.5. The molecular weight excluding hydrogens is 236 g/mol. The van der Waals surface area contributed by atoms with E-state index in [2.05, 4.69) is 49.8 Å². The summed E-state index contributed by atoms with van der Waals surface area (Å²) in [6.07, 6.45) is 0. The summed E-state index contributed by atoms with van der Waals surface area (Å²) in [6, 6.07) is 4.24. The van der Waals surface area contributed by atoms with Gasteiger partial charge in [-0.1, -0.05) is 19.9 Å². The number of hydrogen-bond donors (Lipinski definition) is 1. The predicted molar refractivity (Wildman–Crippen MR) is 78.9 cm³/mol. The summed E-state index contributed by atoms with van der Waals surface area (Å²) < 4.78 is 7.86. The van der Waals surface area contributed by atoms with Crippen molar-refractivity contribution in [3.63, 3.8) is 0 Å². The lowest BCUT2D eigenvalue weighted by molar-refractivity contribution is 0.416. The van der Waals surface area contributed by atoms with Gasteiger partial charge in [-0.2, -0.15) is 0 Å². The third-order valence-corrected chi connectivity index (χ3v) is 4.38. The summed E-state index contributed by atoms with van der Waals surface area (Å²) in [5.74, 6) is 0.966. The first-order valence-electron chi connectivity index (χ1n) is 6.83. The van der Waals surface area contributed by atoms with Crippen molar-refractivity contribution in [1.29, 1.82) is 0 Å². The molecule has 1 aliphatic rings. The average molecular weight is 258 g/mol. The van der Waals surface area contributed by atoms with Crippen LogP contribution in [0.3, 0.4) is 0 Å². The molecule has 19 heavy (non-hydrogen) atoms. The third kappa shape index (κ3) is 1.61. The summed E-state index contributed by atoms with van der Waals surface area (Å²) in [6.45, 7) is 8.79. The predicted octanol–water partition coefficient (Wildman–Crippen LogP) is 2.88. The van der Waals surface area contributed by atoms with E-state index in [9.17, 15) is 0 Å². The molecule has 0 radical (unpaired) electrons. The lowest BCUT2D eigenvalue weighted by atomic mass is 9.79. The van der Waals surface area contributed by atoms with Gasteiger partial charge in [-0.05, 0) is 24.1 Å². The van der Waals surface area contributed by atoms with Crippen LogP contribution in [-0.2, 0) is 19.0 Å². The highest BCUT2D eigenvalue weighted by Crippen LogP contribution is 2.41. The van der Waals surface area contributed by atoms with Crippen LogP contribution in [0.15, 0.2) is 12.1 Å². The van der Waals surface area contributed by atoms with E-state index in [1.54, 1.807) is 7.11 Å². The molecule has 0 saturated carbocycles. The van der Waals surface area contributed by atoms with Crippen LogP contribution in [0.25, 0.3) is 10.9 Å². The second-order valence-electron chi connectivity index (χ2n) is 6.18. The van der Waals surface area contributed by atoms with Crippen LogP contribution < -0.4 is 10.1 Å².